The molecule has 0 aromatic rings. The van der Waals surface area contributed by atoms with Gasteiger partial charge in [0.1, 0.15) is 0 Å². The SMILES string of the molecule is CCC1CN(C(C)(C)C(C)O)C1. The molecule has 0 amide bonds. The normalized spacial score (nSPS) is 23.8. The molecule has 0 aromatic heterocycles. The van der Waals surface area contributed by atoms with Crippen molar-refractivity contribution in [3.05, 3.63) is 0 Å². The molecule has 1 unspecified atom stereocenters. The first-order valence-electron chi connectivity index (χ1n) is 4.91. The molecule has 2 nitrogen and oxygen atoms in total. The lowest BCUT2D eigenvalue weighted by molar-refractivity contribution is -0.0619. The van der Waals surface area contributed by atoms with E-state index in [0.717, 1.165) is 19.0 Å². The summed E-state index contributed by atoms with van der Waals surface area (Å²) < 4.78 is 0. The van der Waals surface area contributed by atoms with Gasteiger partial charge in [0.05, 0.1) is 6.10 Å². The van der Waals surface area contributed by atoms with Crippen molar-refractivity contribution >= 4 is 0 Å². The van der Waals surface area contributed by atoms with Crippen LogP contribution in [-0.4, -0.2) is 34.7 Å². The molecule has 1 aliphatic heterocycles. The van der Waals surface area contributed by atoms with Crippen LogP contribution in [0, 0.1) is 5.92 Å². The topological polar surface area (TPSA) is 23.5 Å². The van der Waals surface area contributed by atoms with Crippen LogP contribution in [-0.2, 0) is 0 Å². The van der Waals surface area contributed by atoms with Gasteiger partial charge in [0.25, 0.3) is 0 Å². The van der Waals surface area contributed by atoms with Gasteiger partial charge in [0.15, 0.2) is 0 Å². The van der Waals surface area contributed by atoms with Crippen molar-refractivity contribution in [1.29, 1.82) is 0 Å². The predicted octanol–water partition coefficient (Wildman–Crippen LogP) is 1.49. The molecule has 1 atom stereocenters. The van der Waals surface area contributed by atoms with Gasteiger partial charge >= 0.3 is 0 Å². The molecule has 1 rings (SSSR count). The zero-order chi connectivity index (χ0) is 9.35. The number of aliphatic hydroxyl groups excluding tert-OH is 1. The van der Waals surface area contributed by atoms with Crippen molar-refractivity contribution < 1.29 is 5.11 Å². The number of nitrogens with zero attached hydrogens (tertiary/aromatic N) is 1. The molecular formula is C10H21NO. The quantitative estimate of drug-likeness (QED) is 0.695. The van der Waals surface area contributed by atoms with Gasteiger partial charge < -0.3 is 5.11 Å². The van der Waals surface area contributed by atoms with E-state index in [-0.39, 0.29) is 11.6 Å². The second kappa shape index (κ2) is 3.35. The number of likely N-dealkylation sites (tertiary alicyclic amines) is 1. The van der Waals surface area contributed by atoms with Crippen molar-refractivity contribution in [2.24, 2.45) is 5.92 Å². The summed E-state index contributed by atoms with van der Waals surface area (Å²) in [6.45, 7) is 10.7. The van der Waals surface area contributed by atoms with E-state index in [4.69, 9.17) is 0 Å². The Hall–Kier alpha value is -0.0800. The summed E-state index contributed by atoms with van der Waals surface area (Å²) in [6, 6.07) is 0. The summed E-state index contributed by atoms with van der Waals surface area (Å²) in [4.78, 5) is 2.37. The maximum atomic E-state index is 9.53. The summed E-state index contributed by atoms with van der Waals surface area (Å²) in [5.41, 5.74) is -0.0360. The highest BCUT2D eigenvalue weighted by Crippen LogP contribution is 2.29. The second-order valence-corrected chi connectivity index (χ2v) is 4.51. The van der Waals surface area contributed by atoms with Crippen LogP contribution >= 0.6 is 0 Å². The van der Waals surface area contributed by atoms with Crippen molar-refractivity contribution in [2.75, 3.05) is 13.1 Å². The minimum atomic E-state index is -0.240. The largest absolute Gasteiger partial charge is 0.392 e. The molecule has 0 bridgehead atoms. The Bertz CT molecular complexity index is 148. The van der Waals surface area contributed by atoms with E-state index in [1.165, 1.54) is 6.42 Å². The van der Waals surface area contributed by atoms with E-state index in [1.54, 1.807) is 0 Å². The summed E-state index contributed by atoms with van der Waals surface area (Å²) in [6.07, 6.45) is 1.03. The van der Waals surface area contributed by atoms with Gasteiger partial charge in [0.2, 0.25) is 0 Å². The summed E-state index contributed by atoms with van der Waals surface area (Å²) >= 11 is 0. The number of rotatable bonds is 3. The average Bonchev–Trinajstić information content (AvgIpc) is 1.84. The van der Waals surface area contributed by atoms with E-state index in [1.807, 2.05) is 6.92 Å². The molecule has 1 heterocycles. The molecule has 0 aromatic carbocycles. The van der Waals surface area contributed by atoms with Gasteiger partial charge in [-0.3, -0.25) is 4.90 Å². The van der Waals surface area contributed by atoms with Crippen LogP contribution in [0.1, 0.15) is 34.1 Å². The second-order valence-electron chi connectivity index (χ2n) is 4.51. The number of hydrogen-bond donors (Lipinski definition) is 1. The van der Waals surface area contributed by atoms with Crippen LogP contribution in [0.2, 0.25) is 0 Å². The van der Waals surface area contributed by atoms with Gasteiger partial charge in [-0.15, -0.1) is 0 Å². The minimum Gasteiger partial charge on any atom is -0.392 e. The number of aliphatic hydroxyl groups is 1. The molecule has 1 aliphatic rings. The first-order chi connectivity index (χ1) is 5.48. The van der Waals surface area contributed by atoms with Crippen LogP contribution in [0.4, 0.5) is 0 Å². The Balaban J connectivity index is 2.41. The summed E-state index contributed by atoms with van der Waals surface area (Å²) in [7, 11) is 0. The van der Waals surface area contributed by atoms with Gasteiger partial charge in [-0.1, -0.05) is 13.3 Å². The van der Waals surface area contributed by atoms with Gasteiger partial charge in [-0.2, -0.15) is 0 Å². The van der Waals surface area contributed by atoms with Gasteiger partial charge in [0, 0.05) is 18.6 Å². The highest BCUT2D eigenvalue weighted by Gasteiger charge is 2.38. The monoisotopic (exact) mass is 171 g/mol. The smallest absolute Gasteiger partial charge is 0.0690 e. The summed E-state index contributed by atoms with van der Waals surface area (Å²) in [5.74, 6) is 0.864. The fourth-order valence-corrected chi connectivity index (χ4v) is 1.56. The van der Waals surface area contributed by atoms with Crippen LogP contribution in [0.25, 0.3) is 0 Å². The molecule has 0 spiro atoms. The fraction of sp³-hybridized carbons (Fsp3) is 1.00. The van der Waals surface area contributed by atoms with Crippen molar-refractivity contribution in [3.8, 4) is 0 Å². The Morgan fingerprint density at radius 3 is 2.33 bits per heavy atom. The maximum absolute atomic E-state index is 9.53. The third-order valence-corrected chi connectivity index (χ3v) is 3.37. The molecule has 1 N–H and O–H groups in total. The standard InChI is InChI=1S/C10H21NO/c1-5-9-6-11(7-9)10(3,4)8(2)12/h8-9,12H,5-7H2,1-4H3. The third-order valence-electron chi connectivity index (χ3n) is 3.37. The number of hydrogen-bond acceptors (Lipinski definition) is 2. The van der Waals surface area contributed by atoms with E-state index >= 15 is 0 Å². The lowest BCUT2D eigenvalue weighted by atomic mass is 9.87. The Kier molecular flexibility index (Phi) is 2.79. The third kappa shape index (κ3) is 1.64. The highest BCUT2D eigenvalue weighted by molar-refractivity contribution is 4.93. The minimum absolute atomic E-state index is 0.0360. The van der Waals surface area contributed by atoms with E-state index < -0.39 is 0 Å². The van der Waals surface area contributed by atoms with Crippen LogP contribution < -0.4 is 0 Å². The van der Waals surface area contributed by atoms with Gasteiger partial charge in [-0.05, 0) is 26.7 Å². The molecule has 1 saturated heterocycles. The fourth-order valence-electron chi connectivity index (χ4n) is 1.56. The maximum Gasteiger partial charge on any atom is 0.0690 e. The predicted molar refractivity (Wildman–Crippen MR) is 51.1 cm³/mol. The first kappa shape index (κ1) is 10.0. The molecule has 72 valence electrons. The molecular weight excluding hydrogens is 150 g/mol. The lowest BCUT2D eigenvalue weighted by Gasteiger charge is -2.50. The molecule has 0 radical (unpaired) electrons. The summed E-state index contributed by atoms with van der Waals surface area (Å²) in [5, 5.41) is 9.53. The zero-order valence-electron chi connectivity index (χ0n) is 8.67. The van der Waals surface area contributed by atoms with Crippen molar-refractivity contribution in [2.45, 2.75) is 45.8 Å². The Labute approximate surface area is 75.6 Å². The zero-order valence-corrected chi connectivity index (χ0v) is 8.67. The molecule has 1 fully saturated rings. The van der Waals surface area contributed by atoms with Crippen LogP contribution in [0.3, 0.4) is 0 Å². The van der Waals surface area contributed by atoms with Crippen molar-refractivity contribution in [3.63, 3.8) is 0 Å². The van der Waals surface area contributed by atoms with Crippen LogP contribution in [0.15, 0.2) is 0 Å². The van der Waals surface area contributed by atoms with E-state index in [9.17, 15) is 5.11 Å². The highest BCUT2D eigenvalue weighted by atomic mass is 16.3. The molecule has 0 saturated carbocycles. The molecule has 0 aliphatic carbocycles. The van der Waals surface area contributed by atoms with Crippen molar-refractivity contribution in [1.82, 2.24) is 4.90 Å². The first-order valence-corrected chi connectivity index (χ1v) is 4.91. The average molecular weight is 171 g/mol. The van der Waals surface area contributed by atoms with Gasteiger partial charge in [-0.25, -0.2) is 0 Å². The van der Waals surface area contributed by atoms with Crippen LogP contribution in [0.5, 0.6) is 0 Å². The molecule has 2 heteroatoms. The van der Waals surface area contributed by atoms with E-state index in [0.29, 0.717) is 0 Å². The lowest BCUT2D eigenvalue weighted by Crippen LogP contribution is -2.61. The Morgan fingerprint density at radius 2 is 2.00 bits per heavy atom. The molecule has 12 heavy (non-hydrogen) atoms. The van der Waals surface area contributed by atoms with E-state index in [2.05, 4.69) is 25.7 Å². The Morgan fingerprint density at radius 1 is 1.50 bits per heavy atom.